The summed E-state index contributed by atoms with van der Waals surface area (Å²) in [6.45, 7) is 7.79. The zero-order valence-electron chi connectivity index (χ0n) is 17.7. The summed E-state index contributed by atoms with van der Waals surface area (Å²) in [4.78, 5) is 27.6. The number of hydrogen-bond donors (Lipinski definition) is 0. The highest BCUT2D eigenvalue weighted by atomic mass is 16.5. The average molecular weight is 408 g/mol. The number of benzene rings is 2. The number of amides is 1. The Balaban J connectivity index is 1.76. The molecule has 0 aliphatic rings. The second-order valence-electron chi connectivity index (χ2n) is 7.24. The van der Waals surface area contributed by atoms with E-state index in [1.165, 1.54) is 0 Å². The summed E-state index contributed by atoms with van der Waals surface area (Å²) >= 11 is 0. The van der Waals surface area contributed by atoms with E-state index in [0.717, 1.165) is 28.8 Å². The van der Waals surface area contributed by atoms with Crippen LogP contribution in [0, 0.1) is 0 Å². The molecule has 2 aromatic carbocycles. The first-order chi connectivity index (χ1) is 14.6. The SMILES string of the molecule is C=CCN(Cc1ccc(OC)cc1)C(=O)CCn1c(=O)n(CCC)c2ccccc21. The minimum atomic E-state index is -0.0590. The van der Waals surface area contributed by atoms with Gasteiger partial charge >= 0.3 is 5.69 Å². The average Bonchev–Trinajstić information content (AvgIpc) is 3.03. The molecule has 0 bridgehead atoms. The molecule has 1 amide bonds. The Hall–Kier alpha value is -3.28. The zero-order valence-corrected chi connectivity index (χ0v) is 17.7. The Labute approximate surface area is 177 Å². The van der Waals surface area contributed by atoms with E-state index in [2.05, 4.69) is 13.5 Å². The molecule has 1 aromatic heterocycles. The Morgan fingerprint density at radius 2 is 1.70 bits per heavy atom. The third-order valence-electron chi connectivity index (χ3n) is 5.16. The number of carbonyl (C=O) groups excluding carboxylic acids is 1. The van der Waals surface area contributed by atoms with Crippen LogP contribution >= 0.6 is 0 Å². The molecule has 3 rings (SSSR count). The van der Waals surface area contributed by atoms with Gasteiger partial charge < -0.3 is 9.64 Å². The molecular formula is C24H29N3O3. The number of aromatic nitrogens is 2. The molecule has 0 N–H and O–H groups in total. The predicted molar refractivity (Wildman–Crippen MR) is 120 cm³/mol. The van der Waals surface area contributed by atoms with E-state index in [1.807, 2.05) is 48.5 Å². The fraction of sp³-hybridized carbons (Fsp3) is 0.333. The van der Waals surface area contributed by atoms with Crippen LogP contribution in [0.15, 0.2) is 66.0 Å². The number of methoxy groups -OCH3 is 1. The molecule has 0 aliphatic heterocycles. The van der Waals surface area contributed by atoms with E-state index in [1.54, 1.807) is 27.2 Å². The van der Waals surface area contributed by atoms with Gasteiger partial charge in [-0.15, -0.1) is 6.58 Å². The molecule has 0 saturated carbocycles. The number of imidazole rings is 1. The highest BCUT2D eigenvalue weighted by Crippen LogP contribution is 2.16. The first-order valence-electron chi connectivity index (χ1n) is 10.3. The monoisotopic (exact) mass is 407 g/mol. The van der Waals surface area contributed by atoms with E-state index >= 15 is 0 Å². The van der Waals surface area contributed by atoms with Crippen molar-refractivity contribution in [1.82, 2.24) is 14.0 Å². The minimum Gasteiger partial charge on any atom is -0.497 e. The van der Waals surface area contributed by atoms with E-state index < -0.39 is 0 Å². The zero-order chi connectivity index (χ0) is 21.5. The van der Waals surface area contributed by atoms with Gasteiger partial charge in [-0.3, -0.25) is 13.9 Å². The van der Waals surface area contributed by atoms with Crippen molar-refractivity contribution in [1.29, 1.82) is 0 Å². The molecule has 0 fully saturated rings. The van der Waals surface area contributed by atoms with E-state index in [0.29, 0.717) is 26.2 Å². The lowest BCUT2D eigenvalue weighted by Crippen LogP contribution is -2.32. The number of aryl methyl sites for hydroxylation is 2. The third-order valence-corrected chi connectivity index (χ3v) is 5.16. The maximum Gasteiger partial charge on any atom is 0.329 e. The number of hydrogen-bond acceptors (Lipinski definition) is 3. The molecule has 0 radical (unpaired) electrons. The van der Waals surface area contributed by atoms with Gasteiger partial charge in [0, 0.05) is 32.6 Å². The normalized spacial score (nSPS) is 10.9. The number of para-hydroxylation sites is 2. The van der Waals surface area contributed by atoms with Crippen molar-refractivity contribution >= 4 is 16.9 Å². The summed E-state index contributed by atoms with van der Waals surface area (Å²) in [7, 11) is 1.63. The van der Waals surface area contributed by atoms with Crippen LogP contribution in [0.25, 0.3) is 11.0 Å². The minimum absolute atomic E-state index is 0.00931. The summed E-state index contributed by atoms with van der Waals surface area (Å²) in [5, 5.41) is 0. The van der Waals surface area contributed by atoms with Crippen LogP contribution in [0.4, 0.5) is 0 Å². The topological polar surface area (TPSA) is 56.5 Å². The Morgan fingerprint density at radius 3 is 2.27 bits per heavy atom. The second-order valence-corrected chi connectivity index (χ2v) is 7.24. The van der Waals surface area contributed by atoms with Gasteiger partial charge in [-0.05, 0) is 36.2 Å². The third kappa shape index (κ3) is 4.64. The predicted octanol–water partition coefficient (Wildman–Crippen LogP) is 3.83. The molecule has 158 valence electrons. The summed E-state index contributed by atoms with van der Waals surface area (Å²) in [5.41, 5.74) is 2.74. The van der Waals surface area contributed by atoms with Gasteiger partial charge in [0.15, 0.2) is 0 Å². The van der Waals surface area contributed by atoms with Crippen molar-refractivity contribution in [3.05, 3.63) is 77.2 Å². The van der Waals surface area contributed by atoms with Crippen molar-refractivity contribution in [2.45, 2.75) is 39.4 Å². The van der Waals surface area contributed by atoms with Crippen molar-refractivity contribution in [3.8, 4) is 5.75 Å². The smallest absolute Gasteiger partial charge is 0.329 e. The highest BCUT2D eigenvalue weighted by Gasteiger charge is 2.16. The molecule has 3 aromatic rings. The summed E-state index contributed by atoms with van der Waals surface area (Å²) in [6.07, 6.45) is 2.85. The van der Waals surface area contributed by atoms with Crippen LogP contribution in [-0.2, 0) is 24.4 Å². The quantitative estimate of drug-likeness (QED) is 0.480. The summed E-state index contributed by atoms with van der Waals surface area (Å²) in [5.74, 6) is 0.771. The standard InChI is InChI=1S/C24H29N3O3/c1-4-15-25(18-19-10-12-20(30-3)13-11-19)23(28)14-17-27-22-9-7-6-8-21(22)26(16-5-2)24(27)29/h4,6-13H,1,5,14-18H2,2-3H3. The molecule has 6 nitrogen and oxygen atoms in total. The largest absolute Gasteiger partial charge is 0.497 e. The number of fused-ring (bicyclic) bond motifs is 1. The van der Waals surface area contributed by atoms with Crippen molar-refractivity contribution < 1.29 is 9.53 Å². The number of rotatable bonds is 10. The molecule has 0 spiro atoms. The molecular weight excluding hydrogens is 378 g/mol. The lowest BCUT2D eigenvalue weighted by atomic mass is 10.2. The number of carbonyl (C=O) groups is 1. The molecule has 0 unspecified atom stereocenters. The molecule has 6 heteroatoms. The lowest BCUT2D eigenvalue weighted by molar-refractivity contribution is -0.131. The van der Waals surface area contributed by atoms with Gasteiger partial charge in [-0.1, -0.05) is 37.3 Å². The van der Waals surface area contributed by atoms with Crippen LogP contribution < -0.4 is 10.4 Å². The van der Waals surface area contributed by atoms with Gasteiger partial charge in [0.2, 0.25) is 5.91 Å². The molecule has 1 heterocycles. The first kappa shape index (κ1) is 21.4. The maximum absolute atomic E-state index is 12.9. The highest BCUT2D eigenvalue weighted by molar-refractivity contribution is 5.78. The van der Waals surface area contributed by atoms with Crippen LogP contribution in [-0.4, -0.2) is 33.6 Å². The summed E-state index contributed by atoms with van der Waals surface area (Å²) < 4.78 is 8.69. The Morgan fingerprint density at radius 1 is 1.07 bits per heavy atom. The van der Waals surface area contributed by atoms with Crippen LogP contribution in [0.1, 0.15) is 25.3 Å². The Kier molecular flexibility index (Phi) is 7.12. The van der Waals surface area contributed by atoms with Crippen molar-refractivity contribution in [3.63, 3.8) is 0 Å². The van der Waals surface area contributed by atoms with Gasteiger partial charge in [0.1, 0.15) is 5.75 Å². The van der Waals surface area contributed by atoms with E-state index in [4.69, 9.17) is 4.74 Å². The van der Waals surface area contributed by atoms with Gasteiger partial charge in [-0.25, -0.2) is 4.79 Å². The van der Waals surface area contributed by atoms with Crippen LogP contribution in [0.2, 0.25) is 0 Å². The molecule has 0 saturated heterocycles. The number of ether oxygens (including phenoxy) is 1. The van der Waals surface area contributed by atoms with Gasteiger partial charge in [0.25, 0.3) is 0 Å². The number of nitrogens with zero attached hydrogens (tertiary/aromatic N) is 3. The Bertz CT molecular complexity index is 1060. The van der Waals surface area contributed by atoms with Crippen LogP contribution in [0.3, 0.4) is 0 Å². The first-order valence-corrected chi connectivity index (χ1v) is 10.3. The molecule has 30 heavy (non-hydrogen) atoms. The van der Waals surface area contributed by atoms with Gasteiger partial charge in [-0.2, -0.15) is 0 Å². The van der Waals surface area contributed by atoms with Crippen LogP contribution in [0.5, 0.6) is 5.75 Å². The lowest BCUT2D eigenvalue weighted by Gasteiger charge is -2.21. The van der Waals surface area contributed by atoms with E-state index in [9.17, 15) is 9.59 Å². The van der Waals surface area contributed by atoms with Crippen molar-refractivity contribution in [2.24, 2.45) is 0 Å². The fourth-order valence-corrected chi connectivity index (χ4v) is 3.66. The van der Waals surface area contributed by atoms with E-state index in [-0.39, 0.29) is 18.0 Å². The van der Waals surface area contributed by atoms with Gasteiger partial charge in [0.05, 0.1) is 18.1 Å². The molecule has 0 atom stereocenters. The second kappa shape index (κ2) is 9.96. The fourth-order valence-electron chi connectivity index (χ4n) is 3.66. The molecule has 0 aliphatic carbocycles. The maximum atomic E-state index is 12.9. The summed E-state index contributed by atoms with van der Waals surface area (Å²) in [6, 6.07) is 15.4. The van der Waals surface area contributed by atoms with Crippen molar-refractivity contribution in [2.75, 3.05) is 13.7 Å².